The van der Waals surface area contributed by atoms with Gasteiger partial charge in [0.25, 0.3) is 5.91 Å². The van der Waals surface area contributed by atoms with E-state index in [9.17, 15) is 9.59 Å². The number of para-hydroxylation sites is 2. The van der Waals surface area contributed by atoms with Crippen LogP contribution in [-0.2, 0) is 24.8 Å². The highest BCUT2D eigenvalue weighted by Gasteiger charge is 2.33. The summed E-state index contributed by atoms with van der Waals surface area (Å²) in [5.41, 5.74) is 3.89. The van der Waals surface area contributed by atoms with E-state index < -0.39 is 6.04 Å². The summed E-state index contributed by atoms with van der Waals surface area (Å²) in [7, 11) is 2.06. The molecule has 1 aliphatic rings. The van der Waals surface area contributed by atoms with E-state index in [0.717, 1.165) is 48.1 Å². The highest BCUT2D eigenvalue weighted by Crippen LogP contribution is 2.24. The maximum atomic E-state index is 12.5. The minimum Gasteiger partial charge on any atom is -0.354 e. The molecule has 1 aromatic heterocycles. The molecule has 3 aromatic rings. The largest absolute Gasteiger partial charge is 0.354 e. The number of hydrogen-bond acceptors (Lipinski definition) is 3. The molecule has 6 nitrogen and oxygen atoms in total. The van der Waals surface area contributed by atoms with Crippen molar-refractivity contribution in [1.29, 1.82) is 0 Å². The van der Waals surface area contributed by atoms with Crippen molar-refractivity contribution in [2.75, 3.05) is 6.54 Å². The number of amides is 2. The van der Waals surface area contributed by atoms with Crippen LogP contribution in [0.4, 0.5) is 0 Å². The molecule has 1 N–H and O–H groups in total. The number of aromatic nitrogens is 2. The first-order chi connectivity index (χ1) is 14.6. The highest BCUT2D eigenvalue weighted by atomic mass is 16.2. The van der Waals surface area contributed by atoms with Crippen molar-refractivity contribution in [2.24, 2.45) is 7.05 Å². The summed E-state index contributed by atoms with van der Waals surface area (Å²) >= 11 is 0. The third-order valence-electron chi connectivity index (χ3n) is 5.95. The number of carbonyl (C=O) groups excluding carboxylic acids is 2. The average molecular weight is 405 g/mol. The molecule has 0 fully saturated rings. The first-order valence-corrected chi connectivity index (χ1v) is 10.6. The molecule has 2 heterocycles. The minimum absolute atomic E-state index is 0.0595. The summed E-state index contributed by atoms with van der Waals surface area (Å²) in [6, 6.07) is 15.3. The second kappa shape index (κ2) is 8.69. The summed E-state index contributed by atoms with van der Waals surface area (Å²) in [6.45, 7) is 2.92. The Morgan fingerprint density at radius 1 is 1.10 bits per heavy atom. The molecule has 156 valence electrons. The molecule has 4 rings (SSSR count). The van der Waals surface area contributed by atoms with Crippen molar-refractivity contribution < 1.29 is 9.59 Å². The van der Waals surface area contributed by atoms with Crippen molar-refractivity contribution in [3.8, 4) is 0 Å². The van der Waals surface area contributed by atoms with Gasteiger partial charge in [0.05, 0.1) is 11.0 Å². The molecule has 0 bridgehead atoms. The number of nitrogens with zero attached hydrogens (tertiary/aromatic N) is 3. The molecule has 0 saturated carbocycles. The van der Waals surface area contributed by atoms with Crippen LogP contribution < -0.4 is 5.32 Å². The molecule has 0 unspecified atom stereocenters. The van der Waals surface area contributed by atoms with Gasteiger partial charge in [-0.15, -0.1) is 0 Å². The van der Waals surface area contributed by atoms with Gasteiger partial charge in [-0.05, 0) is 43.5 Å². The molecule has 1 aliphatic heterocycles. The predicted octanol–water partition coefficient (Wildman–Crippen LogP) is 3.45. The molecule has 0 aliphatic carbocycles. The molecular formula is C24H28N4O2. The Hall–Kier alpha value is -3.15. The Bertz CT molecular complexity index is 1070. The number of imidazole rings is 1. The summed E-state index contributed by atoms with van der Waals surface area (Å²) in [6.07, 6.45) is 3.89. The number of hydrogen-bond donors (Lipinski definition) is 1. The summed E-state index contributed by atoms with van der Waals surface area (Å²) < 4.78 is 2.16. The zero-order valence-corrected chi connectivity index (χ0v) is 17.6. The van der Waals surface area contributed by atoms with Crippen molar-refractivity contribution in [3.05, 3.63) is 65.5 Å². The third-order valence-corrected chi connectivity index (χ3v) is 5.95. The second-order valence-electron chi connectivity index (χ2n) is 7.94. The average Bonchev–Trinajstić information content (AvgIpc) is 3.27. The Labute approximate surface area is 176 Å². The minimum atomic E-state index is -0.468. The van der Waals surface area contributed by atoms with E-state index >= 15 is 0 Å². The van der Waals surface area contributed by atoms with Crippen molar-refractivity contribution >= 4 is 22.8 Å². The van der Waals surface area contributed by atoms with Gasteiger partial charge in [-0.25, -0.2) is 4.98 Å². The molecule has 0 spiro atoms. The lowest BCUT2D eigenvalue weighted by Gasteiger charge is -2.23. The van der Waals surface area contributed by atoms with Crippen LogP contribution in [0.5, 0.6) is 0 Å². The smallest absolute Gasteiger partial charge is 0.255 e. The Morgan fingerprint density at radius 3 is 2.67 bits per heavy atom. The van der Waals surface area contributed by atoms with E-state index in [0.29, 0.717) is 18.7 Å². The molecule has 1 atom stereocenters. The second-order valence-corrected chi connectivity index (χ2v) is 7.94. The zero-order valence-electron chi connectivity index (χ0n) is 17.6. The SMILES string of the molecule is C[C@H](C(=O)NCCCCCc1nc2ccccc2n1C)N1Cc2ccccc2C1=O. The van der Waals surface area contributed by atoms with Crippen molar-refractivity contribution in [1.82, 2.24) is 19.8 Å². The van der Waals surface area contributed by atoms with Crippen LogP contribution >= 0.6 is 0 Å². The van der Waals surface area contributed by atoms with Gasteiger partial charge in [-0.2, -0.15) is 0 Å². The normalized spacial score (nSPS) is 14.2. The van der Waals surface area contributed by atoms with Gasteiger partial charge < -0.3 is 14.8 Å². The highest BCUT2D eigenvalue weighted by molar-refractivity contribution is 6.01. The molecule has 2 amide bonds. The lowest BCUT2D eigenvalue weighted by Crippen LogP contribution is -2.45. The van der Waals surface area contributed by atoms with Crippen LogP contribution in [0.25, 0.3) is 11.0 Å². The molecule has 2 aromatic carbocycles. The van der Waals surface area contributed by atoms with Crippen LogP contribution in [0.2, 0.25) is 0 Å². The maximum absolute atomic E-state index is 12.5. The first kappa shape index (κ1) is 20.1. The van der Waals surface area contributed by atoms with Gasteiger partial charge in [0.2, 0.25) is 5.91 Å². The first-order valence-electron chi connectivity index (χ1n) is 10.6. The Kier molecular flexibility index (Phi) is 5.84. The summed E-state index contributed by atoms with van der Waals surface area (Å²) in [5, 5.41) is 2.98. The third kappa shape index (κ3) is 3.95. The van der Waals surface area contributed by atoms with E-state index in [1.54, 1.807) is 11.8 Å². The van der Waals surface area contributed by atoms with E-state index in [-0.39, 0.29) is 11.8 Å². The van der Waals surface area contributed by atoms with Crippen LogP contribution in [-0.4, -0.2) is 38.9 Å². The Morgan fingerprint density at radius 2 is 1.87 bits per heavy atom. The predicted molar refractivity (Wildman–Crippen MR) is 117 cm³/mol. The van der Waals surface area contributed by atoms with Crippen LogP contribution in [0.3, 0.4) is 0 Å². The fourth-order valence-corrected chi connectivity index (χ4v) is 4.09. The number of fused-ring (bicyclic) bond motifs is 2. The summed E-state index contributed by atoms with van der Waals surface area (Å²) in [4.78, 5) is 31.4. The fourth-order valence-electron chi connectivity index (χ4n) is 4.09. The van der Waals surface area contributed by atoms with E-state index in [4.69, 9.17) is 4.98 Å². The molecule has 0 radical (unpaired) electrons. The number of nitrogens with one attached hydrogen (secondary N) is 1. The van der Waals surface area contributed by atoms with Crippen LogP contribution in [0.1, 0.15) is 47.9 Å². The zero-order chi connectivity index (χ0) is 21.1. The number of unbranched alkanes of at least 4 members (excludes halogenated alkanes) is 2. The van der Waals surface area contributed by atoms with Gasteiger partial charge in [0.15, 0.2) is 0 Å². The Balaban J connectivity index is 1.19. The van der Waals surface area contributed by atoms with Crippen LogP contribution in [0, 0.1) is 0 Å². The lowest BCUT2D eigenvalue weighted by molar-refractivity contribution is -0.125. The van der Waals surface area contributed by atoms with Gasteiger partial charge in [0, 0.05) is 32.1 Å². The fraction of sp³-hybridized carbons (Fsp3) is 0.375. The molecule has 0 saturated heterocycles. The van der Waals surface area contributed by atoms with Gasteiger partial charge >= 0.3 is 0 Å². The van der Waals surface area contributed by atoms with Crippen molar-refractivity contribution in [2.45, 2.75) is 45.2 Å². The number of rotatable bonds is 8. The molecule has 30 heavy (non-hydrogen) atoms. The molecular weight excluding hydrogens is 376 g/mol. The standard InChI is InChI=1S/C24H28N4O2/c1-17(28-16-18-10-5-6-11-19(18)24(28)30)23(29)25-15-9-3-4-14-22-26-20-12-7-8-13-21(20)27(22)2/h5-8,10-13,17H,3-4,9,14-16H2,1-2H3,(H,25,29)/t17-/m1/s1. The van der Waals surface area contributed by atoms with Crippen molar-refractivity contribution in [3.63, 3.8) is 0 Å². The van der Waals surface area contributed by atoms with E-state index in [2.05, 4.69) is 23.0 Å². The number of aryl methyl sites for hydroxylation is 2. The van der Waals surface area contributed by atoms with E-state index in [1.807, 2.05) is 42.5 Å². The monoisotopic (exact) mass is 404 g/mol. The topological polar surface area (TPSA) is 67.2 Å². The van der Waals surface area contributed by atoms with Gasteiger partial charge in [-0.1, -0.05) is 36.8 Å². The lowest BCUT2D eigenvalue weighted by atomic mass is 10.1. The van der Waals surface area contributed by atoms with E-state index in [1.165, 1.54) is 0 Å². The quantitative estimate of drug-likeness (QED) is 0.585. The van der Waals surface area contributed by atoms with Gasteiger partial charge in [0.1, 0.15) is 11.9 Å². The number of benzene rings is 2. The van der Waals surface area contributed by atoms with Gasteiger partial charge in [-0.3, -0.25) is 9.59 Å². The summed E-state index contributed by atoms with van der Waals surface area (Å²) in [5.74, 6) is 0.947. The van der Waals surface area contributed by atoms with Crippen LogP contribution in [0.15, 0.2) is 48.5 Å². The molecule has 6 heteroatoms. The maximum Gasteiger partial charge on any atom is 0.255 e. The number of carbonyl (C=O) groups is 2.